The molecule has 1 aromatic carbocycles. The minimum absolute atomic E-state index is 0.677. The smallest absolute Gasteiger partial charge is 0.122 e. The first-order valence-corrected chi connectivity index (χ1v) is 5.07. The standard InChI is InChI=1S/C11H12ClN3/c1-8-6-11(13)15(14-8)7-9-2-4-10(12)5-3-9/h2-6H,7,13H2,1H3. The van der Waals surface area contributed by atoms with Crippen molar-refractivity contribution in [2.24, 2.45) is 0 Å². The summed E-state index contributed by atoms with van der Waals surface area (Å²) < 4.78 is 1.78. The third-order valence-electron chi connectivity index (χ3n) is 2.18. The minimum Gasteiger partial charge on any atom is -0.384 e. The molecule has 4 heteroatoms. The van der Waals surface area contributed by atoms with E-state index in [-0.39, 0.29) is 0 Å². The molecular formula is C11H12ClN3. The maximum absolute atomic E-state index is 5.80. The van der Waals surface area contributed by atoms with E-state index in [9.17, 15) is 0 Å². The molecule has 0 aliphatic heterocycles. The maximum atomic E-state index is 5.80. The van der Waals surface area contributed by atoms with Crippen LogP contribution in [0.2, 0.25) is 5.02 Å². The van der Waals surface area contributed by atoms with Gasteiger partial charge in [0, 0.05) is 11.1 Å². The Labute approximate surface area is 93.5 Å². The van der Waals surface area contributed by atoms with E-state index in [1.807, 2.05) is 37.3 Å². The van der Waals surface area contributed by atoms with Gasteiger partial charge in [0.15, 0.2) is 0 Å². The molecule has 78 valence electrons. The Hall–Kier alpha value is -1.48. The summed E-state index contributed by atoms with van der Waals surface area (Å²) in [6, 6.07) is 9.53. The zero-order valence-electron chi connectivity index (χ0n) is 8.44. The van der Waals surface area contributed by atoms with Gasteiger partial charge in [-0.2, -0.15) is 5.10 Å². The van der Waals surface area contributed by atoms with Gasteiger partial charge in [0.2, 0.25) is 0 Å². The molecule has 2 rings (SSSR count). The zero-order valence-corrected chi connectivity index (χ0v) is 9.20. The molecule has 0 spiro atoms. The fourth-order valence-corrected chi connectivity index (χ4v) is 1.58. The van der Waals surface area contributed by atoms with Crippen molar-refractivity contribution in [2.75, 3.05) is 5.73 Å². The largest absolute Gasteiger partial charge is 0.384 e. The Morgan fingerprint density at radius 2 is 2.00 bits per heavy atom. The van der Waals surface area contributed by atoms with E-state index >= 15 is 0 Å². The lowest BCUT2D eigenvalue weighted by atomic mass is 10.2. The Bertz CT molecular complexity index is 459. The van der Waals surface area contributed by atoms with Gasteiger partial charge in [0.1, 0.15) is 5.82 Å². The van der Waals surface area contributed by atoms with E-state index in [2.05, 4.69) is 5.10 Å². The first kappa shape index (κ1) is 10.1. The van der Waals surface area contributed by atoms with Gasteiger partial charge < -0.3 is 5.73 Å². The SMILES string of the molecule is Cc1cc(N)n(Cc2ccc(Cl)cc2)n1. The summed E-state index contributed by atoms with van der Waals surface area (Å²) in [4.78, 5) is 0. The number of aromatic nitrogens is 2. The fraction of sp³-hybridized carbons (Fsp3) is 0.182. The second-order valence-corrected chi connectivity index (χ2v) is 3.93. The van der Waals surface area contributed by atoms with Crippen molar-refractivity contribution in [3.63, 3.8) is 0 Å². The van der Waals surface area contributed by atoms with Gasteiger partial charge >= 0.3 is 0 Å². The van der Waals surface area contributed by atoms with Crippen LogP contribution in [-0.4, -0.2) is 9.78 Å². The Morgan fingerprint density at radius 3 is 2.53 bits per heavy atom. The van der Waals surface area contributed by atoms with E-state index in [4.69, 9.17) is 17.3 Å². The molecule has 0 fully saturated rings. The molecular weight excluding hydrogens is 210 g/mol. The monoisotopic (exact) mass is 221 g/mol. The average molecular weight is 222 g/mol. The molecule has 15 heavy (non-hydrogen) atoms. The molecule has 0 radical (unpaired) electrons. The molecule has 0 amide bonds. The minimum atomic E-state index is 0.677. The summed E-state index contributed by atoms with van der Waals surface area (Å²) in [5.74, 6) is 0.683. The van der Waals surface area contributed by atoms with Crippen LogP contribution < -0.4 is 5.73 Å². The molecule has 0 aliphatic rings. The van der Waals surface area contributed by atoms with Crippen LogP contribution in [-0.2, 0) is 6.54 Å². The molecule has 0 saturated heterocycles. The summed E-state index contributed by atoms with van der Waals surface area (Å²) in [6.07, 6.45) is 0. The van der Waals surface area contributed by atoms with Gasteiger partial charge in [0.25, 0.3) is 0 Å². The number of nitrogens with zero attached hydrogens (tertiary/aromatic N) is 2. The van der Waals surface area contributed by atoms with Gasteiger partial charge in [-0.05, 0) is 24.6 Å². The Balaban J connectivity index is 2.21. The fourth-order valence-electron chi connectivity index (χ4n) is 1.45. The van der Waals surface area contributed by atoms with E-state index in [0.29, 0.717) is 12.4 Å². The first-order chi connectivity index (χ1) is 7.15. The number of hydrogen-bond donors (Lipinski definition) is 1. The lowest BCUT2D eigenvalue weighted by Crippen LogP contribution is -2.05. The third-order valence-corrected chi connectivity index (χ3v) is 2.43. The zero-order chi connectivity index (χ0) is 10.8. The lowest BCUT2D eigenvalue weighted by molar-refractivity contribution is 0.689. The van der Waals surface area contributed by atoms with Crippen LogP contribution in [0, 0.1) is 6.92 Å². The Morgan fingerprint density at radius 1 is 1.33 bits per heavy atom. The highest BCUT2D eigenvalue weighted by molar-refractivity contribution is 6.30. The summed E-state index contributed by atoms with van der Waals surface area (Å²) in [5.41, 5.74) is 7.86. The number of halogens is 1. The number of aryl methyl sites for hydroxylation is 1. The van der Waals surface area contributed by atoms with Crippen LogP contribution in [0.15, 0.2) is 30.3 Å². The molecule has 0 bridgehead atoms. The van der Waals surface area contributed by atoms with E-state index < -0.39 is 0 Å². The van der Waals surface area contributed by atoms with Crippen molar-refractivity contribution in [3.8, 4) is 0 Å². The van der Waals surface area contributed by atoms with Crippen molar-refractivity contribution >= 4 is 17.4 Å². The van der Waals surface area contributed by atoms with Crippen LogP contribution in [0.25, 0.3) is 0 Å². The topological polar surface area (TPSA) is 43.8 Å². The number of rotatable bonds is 2. The van der Waals surface area contributed by atoms with Crippen LogP contribution in [0.5, 0.6) is 0 Å². The average Bonchev–Trinajstić information content (AvgIpc) is 2.49. The molecule has 0 saturated carbocycles. The maximum Gasteiger partial charge on any atom is 0.122 e. The third kappa shape index (κ3) is 2.30. The van der Waals surface area contributed by atoms with Crippen molar-refractivity contribution in [3.05, 3.63) is 46.6 Å². The highest BCUT2D eigenvalue weighted by Crippen LogP contribution is 2.12. The van der Waals surface area contributed by atoms with Crippen LogP contribution in [0.1, 0.15) is 11.3 Å². The number of anilines is 1. The van der Waals surface area contributed by atoms with Crippen molar-refractivity contribution in [1.82, 2.24) is 9.78 Å². The predicted octanol–water partition coefficient (Wildman–Crippen LogP) is 2.48. The van der Waals surface area contributed by atoms with Crippen molar-refractivity contribution in [2.45, 2.75) is 13.5 Å². The van der Waals surface area contributed by atoms with E-state index in [1.165, 1.54) is 0 Å². The normalized spacial score (nSPS) is 10.5. The summed E-state index contributed by atoms with van der Waals surface area (Å²) in [6.45, 7) is 2.60. The predicted molar refractivity (Wildman–Crippen MR) is 61.9 cm³/mol. The number of nitrogens with two attached hydrogens (primary N) is 1. The van der Waals surface area contributed by atoms with Gasteiger partial charge in [-0.1, -0.05) is 23.7 Å². The summed E-state index contributed by atoms with van der Waals surface area (Å²) >= 11 is 5.80. The Kier molecular flexibility index (Phi) is 2.64. The van der Waals surface area contributed by atoms with E-state index in [1.54, 1.807) is 4.68 Å². The van der Waals surface area contributed by atoms with Crippen LogP contribution in [0.4, 0.5) is 5.82 Å². The second-order valence-electron chi connectivity index (χ2n) is 3.49. The first-order valence-electron chi connectivity index (χ1n) is 4.69. The van der Waals surface area contributed by atoms with Crippen molar-refractivity contribution < 1.29 is 0 Å². The molecule has 1 aromatic heterocycles. The molecule has 2 aromatic rings. The van der Waals surface area contributed by atoms with Gasteiger partial charge in [0.05, 0.1) is 12.2 Å². The molecule has 0 aliphatic carbocycles. The number of nitrogen functional groups attached to an aromatic ring is 1. The van der Waals surface area contributed by atoms with Gasteiger partial charge in [-0.15, -0.1) is 0 Å². The van der Waals surface area contributed by atoms with Crippen molar-refractivity contribution in [1.29, 1.82) is 0 Å². The molecule has 0 unspecified atom stereocenters. The number of benzene rings is 1. The van der Waals surface area contributed by atoms with Crippen LogP contribution in [0.3, 0.4) is 0 Å². The summed E-state index contributed by atoms with van der Waals surface area (Å²) in [7, 11) is 0. The summed E-state index contributed by atoms with van der Waals surface area (Å²) in [5, 5.41) is 5.03. The quantitative estimate of drug-likeness (QED) is 0.847. The molecule has 3 nitrogen and oxygen atoms in total. The van der Waals surface area contributed by atoms with Gasteiger partial charge in [-0.25, -0.2) is 4.68 Å². The van der Waals surface area contributed by atoms with E-state index in [0.717, 1.165) is 16.3 Å². The molecule has 1 heterocycles. The molecule has 0 atom stereocenters. The van der Waals surface area contributed by atoms with Gasteiger partial charge in [-0.3, -0.25) is 0 Å². The molecule has 2 N–H and O–H groups in total. The number of hydrogen-bond acceptors (Lipinski definition) is 2. The highest BCUT2D eigenvalue weighted by Gasteiger charge is 2.02. The lowest BCUT2D eigenvalue weighted by Gasteiger charge is -2.04. The second kappa shape index (κ2) is 3.95. The highest BCUT2D eigenvalue weighted by atomic mass is 35.5. The van der Waals surface area contributed by atoms with Crippen LogP contribution >= 0.6 is 11.6 Å².